The topological polar surface area (TPSA) is 74.5 Å². The van der Waals surface area contributed by atoms with Crippen molar-refractivity contribution >= 4 is 35.8 Å². The number of nitrogens with one attached hydrogen (secondary N) is 2. The average molecular weight is 490 g/mol. The number of rotatable bonds is 6. The van der Waals surface area contributed by atoms with Gasteiger partial charge >= 0.3 is 0 Å². The van der Waals surface area contributed by atoms with E-state index < -0.39 is 0 Å². The van der Waals surface area contributed by atoms with Crippen LogP contribution in [-0.2, 0) is 18.4 Å². The number of aromatic nitrogens is 2. The third-order valence-corrected chi connectivity index (χ3v) is 5.41. The van der Waals surface area contributed by atoms with Crippen LogP contribution >= 0.6 is 24.0 Å². The molecule has 1 saturated carbocycles. The summed E-state index contributed by atoms with van der Waals surface area (Å²) >= 11 is 0. The summed E-state index contributed by atoms with van der Waals surface area (Å²) < 4.78 is 1.89. The van der Waals surface area contributed by atoms with Crippen LogP contribution in [0.25, 0.3) is 0 Å². The van der Waals surface area contributed by atoms with Crippen molar-refractivity contribution in [2.75, 3.05) is 27.2 Å². The lowest BCUT2D eigenvalue weighted by Crippen LogP contribution is -2.49. The summed E-state index contributed by atoms with van der Waals surface area (Å²) in [6.45, 7) is 8.12. The molecule has 1 aliphatic rings. The van der Waals surface area contributed by atoms with Crippen LogP contribution in [0.5, 0.6) is 0 Å². The van der Waals surface area contributed by atoms with Crippen molar-refractivity contribution in [1.82, 2.24) is 25.3 Å². The molecule has 2 N–H and O–H groups in total. The lowest BCUT2D eigenvalue weighted by atomic mass is 9.84. The van der Waals surface area contributed by atoms with E-state index in [1.165, 1.54) is 0 Å². The molecule has 8 heteroatoms. The highest BCUT2D eigenvalue weighted by molar-refractivity contribution is 14.0. The summed E-state index contributed by atoms with van der Waals surface area (Å²) in [7, 11) is 5.64. The Morgan fingerprint density at radius 3 is 2.37 bits per heavy atom. The molecular formula is C19H35IN6O. The third kappa shape index (κ3) is 5.58. The van der Waals surface area contributed by atoms with E-state index in [2.05, 4.69) is 22.7 Å². The Kier molecular flexibility index (Phi) is 9.04. The highest BCUT2D eigenvalue weighted by Gasteiger charge is 2.42. The molecule has 154 valence electrons. The Labute approximate surface area is 180 Å². The number of guanidine groups is 1. The van der Waals surface area contributed by atoms with Crippen LogP contribution in [0, 0.1) is 19.3 Å². The van der Waals surface area contributed by atoms with E-state index in [1.807, 2.05) is 39.7 Å². The van der Waals surface area contributed by atoms with Gasteiger partial charge in [-0.2, -0.15) is 5.10 Å². The number of halogens is 1. The maximum absolute atomic E-state index is 12.7. The lowest BCUT2D eigenvalue weighted by molar-refractivity contribution is -0.138. The van der Waals surface area contributed by atoms with Crippen molar-refractivity contribution in [3.8, 4) is 0 Å². The summed E-state index contributed by atoms with van der Waals surface area (Å²) in [5.41, 5.74) is 3.00. The first kappa shape index (κ1) is 23.7. The van der Waals surface area contributed by atoms with E-state index in [9.17, 15) is 4.79 Å². The summed E-state index contributed by atoms with van der Waals surface area (Å²) in [4.78, 5) is 19.2. The Bertz CT molecular complexity index is 661. The number of aliphatic imine (C=N–C) groups is 1. The van der Waals surface area contributed by atoms with Crippen molar-refractivity contribution in [2.24, 2.45) is 17.5 Å². The number of carbonyl (C=O) groups is 1. The van der Waals surface area contributed by atoms with Gasteiger partial charge in [-0.15, -0.1) is 24.0 Å². The van der Waals surface area contributed by atoms with E-state index in [-0.39, 0.29) is 35.3 Å². The number of aryl methyl sites for hydroxylation is 2. The molecule has 0 saturated heterocycles. The van der Waals surface area contributed by atoms with Gasteiger partial charge in [-0.25, -0.2) is 4.99 Å². The molecule has 0 bridgehead atoms. The quantitative estimate of drug-likeness (QED) is 0.365. The highest BCUT2D eigenvalue weighted by atomic mass is 127. The van der Waals surface area contributed by atoms with Crippen LogP contribution in [0.15, 0.2) is 4.99 Å². The van der Waals surface area contributed by atoms with Crippen LogP contribution in [0.2, 0.25) is 0 Å². The molecule has 0 spiro atoms. The fourth-order valence-electron chi connectivity index (χ4n) is 3.79. The van der Waals surface area contributed by atoms with Crippen LogP contribution in [0.1, 0.15) is 49.6 Å². The largest absolute Gasteiger partial charge is 0.357 e. The molecule has 7 nitrogen and oxygen atoms in total. The molecule has 1 heterocycles. The molecule has 1 aliphatic carbocycles. The average Bonchev–Trinajstić information content (AvgIpc) is 3.16. The van der Waals surface area contributed by atoms with E-state index in [0.717, 1.165) is 55.1 Å². The van der Waals surface area contributed by atoms with Crippen molar-refractivity contribution in [3.05, 3.63) is 17.0 Å². The number of amides is 1. The van der Waals surface area contributed by atoms with Crippen molar-refractivity contribution in [3.63, 3.8) is 0 Å². The van der Waals surface area contributed by atoms with Gasteiger partial charge in [-0.05, 0) is 33.6 Å². The van der Waals surface area contributed by atoms with Gasteiger partial charge in [0, 0.05) is 45.5 Å². The number of carbonyl (C=O) groups excluding carboxylic acids is 1. The molecule has 0 unspecified atom stereocenters. The first-order chi connectivity index (χ1) is 12.3. The summed E-state index contributed by atoms with van der Waals surface area (Å²) in [5.74, 6) is 0.977. The van der Waals surface area contributed by atoms with Crippen molar-refractivity contribution in [2.45, 2.75) is 53.0 Å². The monoisotopic (exact) mass is 490 g/mol. The first-order valence-corrected chi connectivity index (χ1v) is 9.53. The van der Waals surface area contributed by atoms with Crippen LogP contribution < -0.4 is 10.6 Å². The predicted molar refractivity (Wildman–Crippen MR) is 121 cm³/mol. The minimum absolute atomic E-state index is 0. The Morgan fingerprint density at radius 1 is 1.26 bits per heavy atom. The molecule has 0 aromatic carbocycles. The molecule has 1 amide bonds. The van der Waals surface area contributed by atoms with Gasteiger partial charge in [0.05, 0.1) is 17.7 Å². The van der Waals surface area contributed by atoms with Gasteiger partial charge < -0.3 is 15.5 Å². The molecule has 1 fully saturated rings. The summed E-state index contributed by atoms with van der Waals surface area (Å²) in [5, 5.41) is 11.2. The minimum Gasteiger partial charge on any atom is -0.357 e. The maximum atomic E-state index is 12.7. The van der Waals surface area contributed by atoms with Gasteiger partial charge in [-0.3, -0.25) is 9.48 Å². The lowest BCUT2D eigenvalue weighted by Gasteiger charge is -2.31. The highest BCUT2D eigenvalue weighted by Crippen LogP contribution is 2.38. The van der Waals surface area contributed by atoms with Crippen LogP contribution in [-0.4, -0.2) is 53.7 Å². The van der Waals surface area contributed by atoms with E-state index in [4.69, 9.17) is 4.99 Å². The molecule has 2 rings (SSSR count). The van der Waals surface area contributed by atoms with Crippen LogP contribution in [0.3, 0.4) is 0 Å². The molecule has 0 atom stereocenters. The summed E-state index contributed by atoms with van der Waals surface area (Å²) in [6, 6.07) is 0. The fraction of sp³-hybridized carbons (Fsp3) is 0.737. The van der Waals surface area contributed by atoms with Crippen molar-refractivity contribution < 1.29 is 4.79 Å². The zero-order valence-electron chi connectivity index (χ0n) is 17.6. The zero-order valence-corrected chi connectivity index (χ0v) is 19.9. The van der Waals surface area contributed by atoms with Crippen molar-refractivity contribution in [1.29, 1.82) is 0 Å². The zero-order chi connectivity index (χ0) is 19.3. The standard InChI is InChI=1S/C19H34N6O.HI/c1-7-20-18(21-12-16-14(2)23-25(6)15(16)3)22-13-19(10-8-9-11-19)17(26)24(4)5;/h7-13H2,1-6H3,(H2,20,21,22);1H. The molecule has 27 heavy (non-hydrogen) atoms. The molecular weight excluding hydrogens is 455 g/mol. The van der Waals surface area contributed by atoms with Gasteiger partial charge in [0.2, 0.25) is 5.91 Å². The predicted octanol–water partition coefficient (Wildman–Crippen LogP) is 2.36. The normalized spacial score (nSPS) is 16.0. The van der Waals surface area contributed by atoms with Gasteiger partial charge in [0.1, 0.15) is 0 Å². The minimum atomic E-state index is -0.306. The van der Waals surface area contributed by atoms with Gasteiger partial charge in [0.15, 0.2) is 5.96 Å². The second kappa shape index (κ2) is 10.3. The third-order valence-electron chi connectivity index (χ3n) is 5.41. The molecule has 0 aliphatic heterocycles. The number of hydrogen-bond acceptors (Lipinski definition) is 3. The van der Waals surface area contributed by atoms with E-state index in [0.29, 0.717) is 13.1 Å². The van der Waals surface area contributed by atoms with Gasteiger partial charge in [-0.1, -0.05) is 12.8 Å². The summed E-state index contributed by atoms with van der Waals surface area (Å²) in [6.07, 6.45) is 4.11. The molecule has 1 aromatic heterocycles. The maximum Gasteiger partial charge on any atom is 0.230 e. The Balaban J connectivity index is 0.00000364. The second-order valence-electron chi connectivity index (χ2n) is 7.51. The number of hydrogen-bond donors (Lipinski definition) is 2. The SMILES string of the molecule is CCNC(=NCc1c(C)nn(C)c1C)NCC1(C(=O)N(C)C)CCCC1.I. The Hall–Kier alpha value is -1.32. The van der Waals surface area contributed by atoms with Gasteiger partial charge in [0.25, 0.3) is 0 Å². The smallest absolute Gasteiger partial charge is 0.230 e. The van der Waals surface area contributed by atoms with E-state index >= 15 is 0 Å². The van der Waals surface area contributed by atoms with Crippen LogP contribution in [0.4, 0.5) is 0 Å². The Morgan fingerprint density at radius 2 is 1.89 bits per heavy atom. The fourth-order valence-corrected chi connectivity index (χ4v) is 3.79. The molecule has 0 radical (unpaired) electrons. The second-order valence-corrected chi connectivity index (χ2v) is 7.51. The van der Waals surface area contributed by atoms with E-state index in [1.54, 1.807) is 4.90 Å². The molecule has 1 aromatic rings. The first-order valence-electron chi connectivity index (χ1n) is 9.53. The number of nitrogens with zero attached hydrogens (tertiary/aromatic N) is 4.